The Balaban J connectivity index is 1.82. The number of benzene rings is 2. The molecule has 0 aliphatic carbocycles. The molecule has 0 unspecified atom stereocenters. The van der Waals surface area contributed by atoms with Gasteiger partial charge in [-0.2, -0.15) is 18.2 Å². The number of carbonyl (C=O) groups excluding carboxylic acids is 2. The van der Waals surface area contributed by atoms with E-state index in [1.807, 2.05) is 6.92 Å². The minimum Gasteiger partial charge on any atom is -0.396 e. The van der Waals surface area contributed by atoms with Crippen LogP contribution >= 0.6 is 0 Å². The SMILES string of the molecule is Cc1cc2c(cc1N1CCOCC1=O)[nH]/c(=N\C(=O)c1cc(F)cc(C(F)(F)F)c1)n2CCCO. The molecule has 186 valence electrons. The number of nitrogens with zero attached hydrogens (tertiary/aromatic N) is 3. The van der Waals surface area contributed by atoms with Crippen molar-refractivity contribution < 1.29 is 37.0 Å². The maximum absolute atomic E-state index is 13.8. The zero-order valence-electron chi connectivity index (χ0n) is 18.7. The molecule has 2 heterocycles. The van der Waals surface area contributed by atoms with E-state index in [1.165, 1.54) is 0 Å². The van der Waals surface area contributed by atoms with Gasteiger partial charge in [0, 0.05) is 30.9 Å². The van der Waals surface area contributed by atoms with Crippen molar-refractivity contribution in [3.63, 3.8) is 0 Å². The fourth-order valence-corrected chi connectivity index (χ4v) is 3.95. The zero-order valence-corrected chi connectivity index (χ0v) is 18.7. The molecule has 1 aromatic heterocycles. The first kappa shape index (κ1) is 24.6. The molecule has 1 aliphatic rings. The summed E-state index contributed by atoms with van der Waals surface area (Å²) in [5.41, 5.74) is 0.700. The highest BCUT2D eigenvalue weighted by Gasteiger charge is 2.32. The average molecular weight is 494 g/mol. The van der Waals surface area contributed by atoms with Crippen molar-refractivity contribution in [2.24, 2.45) is 4.99 Å². The number of aliphatic hydroxyl groups is 1. The maximum Gasteiger partial charge on any atom is 0.416 e. The Morgan fingerprint density at radius 2 is 2.00 bits per heavy atom. The summed E-state index contributed by atoms with van der Waals surface area (Å²) in [6.45, 7) is 2.62. The van der Waals surface area contributed by atoms with Gasteiger partial charge in [0.2, 0.25) is 5.62 Å². The van der Waals surface area contributed by atoms with Crippen LogP contribution in [0.25, 0.3) is 11.0 Å². The van der Waals surface area contributed by atoms with Crippen LogP contribution < -0.4 is 10.5 Å². The van der Waals surface area contributed by atoms with Crippen molar-refractivity contribution in [3.8, 4) is 0 Å². The van der Waals surface area contributed by atoms with Crippen molar-refractivity contribution in [1.82, 2.24) is 9.55 Å². The highest BCUT2D eigenvalue weighted by molar-refractivity contribution is 5.98. The first-order valence-corrected chi connectivity index (χ1v) is 10.8. The van der Waals surface area contributed by atoms with Crippen LogP contribution in [0, 0.1) is 12.7 Å². The molecule has 1 saturated heterocycles. The first-order valence-electron chi connectivity index (χ1n) is 10.8. The topological polar surface area (TPSA) is 99.9 Å². The van der Waals surface area contributed by atoms with Gasteiger partial charge in [0.25, 0.3) is 11.8 Å². The number of aliphatic hydroxyl groups excluding tert-OH is 1. The predicted octanol–water partition coefficient (Wildman–Crippen LogP) is 2.92. The van der Waals surface area contributed by atoms with Crippen LogP contribution in [-0.4, -0.2) is 52.8 Å². The molecular formula is C23H22F4N4O4. The summed E-state index contributed by atoms with van der Waals surface area (Å²) in [5.74, 6) is -2.48. The van der Waals surface area contributed by atoms with E-state index in [4.69, 9.17) is 4.74 Å². The second-order valence-electron chi connectivity index (χ2n) is 8.07. The molecule has 0 spiro atoms. The van der Waals surface area contributed by atoms with Crippen LogP contribution in [0.3, 0.4) is 0 Å². The fourth-order valence-electron chi connectivity index (χ4n) is 3.95. The van der Waals surface area contributed by atoms with Gasteiger partial charge in [0.05, 0.1) is 23.2 Å². The van der Waals surface area contributed by atoms with Crippen molar-refractivity contribution in [1.29, 1.82) is 0 Å². The van der Waals surface area contributed by atoms with Crippen LogP contribution in [0.5, 0.6) is 0 Å². The maximum atomic E-state index is 13.8. The number of aromatic nitrogens is 2. The van der Waals surface area contributed by atoms with Gasteiger partial charge in [0.1, 0.15) is 12.4 Å². The van der Waals surface area contributed by atoms with Gasteiger partial charge < -0.3 is 24.3 Å². The number of rotatable bonds is 5. The summed E-state index contributed by atoms with van der Waals surface area (Å²) in [4.78, 5) is 33.5. The zero-order chi connectivity index (χ0) is 25.3. The number of carbonyl (C=O) groups is 2. The molecule has 0 bridgehead atoms. The van der Waals surface area contributed by atoms with Gasteiger partial charge in [-0.15, -0.1) is 0 Å². The van der Waals surface area contributed by atoms with Crippen LogP contribution in [0.1, 0.15) is 27.9 Å². The minimum atomic E-state index is -4.83. The third-order valence-electron chi connectivity index (χ3n) is 5.60. The second kappa shape index (κ2) is 9.62. The number of nitrogens with one attached hydrogen (secondary N) is 1. The van der Waals surface area contributed by atoms with E-state index in [-0.39, 0.29) is 31.3 Å². The van der Waals surface area contributed by atoms with Gasteiger partial charge in [-0.3, -0.25) is 9.59 Å². The van der Waals surface area contributed by atoms with E-state index in [0.29, 0.717) is 54.5 Å². The largest absolute Gasteiger partial charge is 0.416 e. The van der Waals surface area contributed by atoms with Gasteiger partial charge in [-0.05, 0) is 49.2 Å². The number of aryl methyl sites for hydroxylation is 2. The van der Waals surface area contributed by atoms with E-state index in [2.05, 4.69) is 9.98 Å². The Kier molecular flexibility index (Phi) is 6.77. The average Bonchev–Trinajstić information content (AvgIpc) is 3.12. The monoisotopic (exact) mass is 494 g/mol. The molecule has 3 aromatic rings. The third-order valence-corrected chi connectivity index (χ3v) is 5.60. The van der Waals surface area contributed by atoms with Crippen LogP contribution in [0.15, 0.2) is 35.3 Å². The molecule has 1 aliphatic heterocycles. The smallest absolute Gasteiger partial charge is 0.396 e. The Morgan fingerprint density at radius 3 is 2.69 bits per heavy atom. The molecule has 8 nitrogen and oxygen atoms in total. The summed E-state index contributed by atoms with van der Waals surface area (Å²) >= 11 is 0. The van der Waals surface area contributed by atoms with Gasteiger partial charge >= 0.3 is 6.18 Å². The summed E-state index contributed by atoms with van der Waals surface area (Å²) in [5, 5.41) is 9.30. The van der Waals surface area contributed by atoms with E-state index in [9.17, 15) is 32.3 Å². The van der Waals surface area contributed by atoms with E-state index in [0.717, 1.165) is 5.56 Å². The van der Waals surface area contributed by atoms with E-state index >= 15 is 0 Å². The number of halogens is 4. The number of amides is 2. The summed E-state index contributed by atoms with van der Waals surface area (Å²) in [6, 6.07) is 5.04. The quantitative estimate of drug-likeness (QED) is 0.533. The number of anilines is 1. The molecular weight excluding hydrogens is 472 g/mol. The number of hydrogen-bond acceptors (Lipinski definition) is 4. The van der Waals surface area contributed by atoms with Gasteiger partial charge in [-0.1, -0.05) is 0 Å². The molecule has 0 radical (unpaired) electrons. The highest BCUT2D eigenvalue weighted by Crippen LogP contribution is 2.31. The Morgan fingerprint density at radius 1 is 1.23 bits per heavy atom. The molecule has 2 N–H and O–H groups in total. The normalized spacial score (nSPS) is 15.3. The molecule has 1 fully saturated rings. The number of morpholine rings is 1. The van der Waals surface area contributed by atoms with E-state index < -0.39 is 29.0 Å². The highest BCUT2D eigenvalue weighted by atomic mass is 19.4. The number of fused-ring (bicyclic) bond motifs is 1. The van der Waals surface area contributed by atoms with Crippen molar-refractivity contribution >= 4 is 28.5 Å². The van der Waals surface area contributed by atoms with Gasteiger partial charge in [0.15, 0.2) is 0 Å². The Bertz CT molecular complexity index is 1360. The van der Waals surface area contributed by atoms with Crippen molar-refractivity contribution in [3.05, 3.63) is 58.5 Å². The lowest BCUT2D eigenvalue weighted by molar-refractivity contribution is -0.137. The summed E-state index contributed by atoms with van der Waals surface area (Å²) in [7, 11) is 0. The first-order chi connectivity index (χ1) is 16.6. The minimum absolute atomic E-state index is 0.0149. The summed E-state index contributed by atoms with van der Waals surface area (Å²) in [6.07, 6.45) is -4.51. The summed E-state index contributed by atoms with van der Waals surface area (Å²) < 4.78 is 59.7. The predicted molar refractivity (Wildman–Crippen MR) is 117 cm³/mol. The second-order valence-corrected chi connectivity index (χ2v) is 8.07. The van der Waals surface area contributed by atoms with E-state index in [1.54, 1.807) is 21.6 Å². The number of alkyl halides is 3. The third kappa shape index (κ3) is 5.13. The van der Waals surface area contributed by atoms with Crippen molar-refractivity contribution in [2.45, 2.75) is 26.1 Å². The van der Waals surface area contributed by atoms with Crippen LogP contribution in [0.2, 0.25) is 0 Å². The molecule has 4 rings (SSSR count). The fraction of sp³-hybridized carbons (Fsp3) is 0.348. The number of hydrogen-bond donors (Lipinski definition) is 2. The van der Waals surface area contributed by atoms with Crippen LogP contribution in [-0.2, 0) is 22.3 Å². The van der Waals surface area contributed by atoms with Gasteiger partial charge in [-0.25, -0.2) is 4.39 Å². The lowest BCUT2D eigenvalue weighted by atomic mass is 10.1. The number of aromatic amines is 1. The standard InChI is InChI=1S/C23H22F4N4O4/c1-13-7-19-17(11-18(13)30-4-6-35-12-20(30)33)28-22(31(19)3-2-5-32)29-21(34)14-8-15(23(25,26)27)10-16(24)9-14/h7-11,32H,2-6,12H2,1H3,(H,28,29,34). The molecule has 35 heavy (non-hydrogen) atoms. The Labute approximate surface area is 196 Å². The lowest BCUT2D eigenvalue weighted by Gasteiger charge is -2.28. The number of H-pyrrole nitrogens is 1. The lowest BCUT2D eigenvalue weighted by Crippen LogP contribution is -2.42. The number of ether oxygens (including phenoxy) is 1. The Hall–Kier alpha value is -3.51. The molecule has 0 atom stereocenters. The van der Waals surface area contributed by atoms with Crippen LogP contribution in [0.4, 0.5) is 23.2 Å². The molecule has 2 aromatic carbocycles. The molecule has 12 heteroatoms. The molecule has 2 amide bonds. The number of imidazole rings is 1. The molecule has 0 saturated carbocycles. The van der Waals surface area contributed by atoms with Crippen molar-refractivity contribution in [2.75, 3.05) is 31.3 Å².